The first-order chi connectivity index (χ1) is 7.13. The fourth-order valence-electron chi connectivity index (χ4n) is 2.32. The van der Waals surface area contributed by atoms with E-state index >= 15 is 0 Å². The highest BCUT2D eigenvalue weighted by Gasteiger charge is 2.42. The lowest BCUT2D eigenvalue weighted by atomic mass is 9.77. The molecule has 16 heavy (non-hydrogen) atoms. The quantitative estimate of drug-likeness (QED) is 0.801. The first kappa shape index (κ1) is 13.5. The highest BCUT2D eigenvalue weighted by atomic mass is 16.5. The summed E-state index contributed by atoms with van der Waals surface area (Å²) < 4.78 is 6.02. The number of hydrogen-bond donors (Lipinski definition) is 1. The van der Waals surface area contributed by atoms with Crippen LogP contribution in [0.25, 0.3) is 0 Å². The Hall–Kier alpha value is -0.570. The smallest absolute Gasteiger partial charge is 0.217 e. The maximum absolute atomic E-state index is 11.3. The van der Waals surface area contributed by atoms with Gasteiger partial charge in [0.25, 0.3) is 0 Å². The number of rotatable bonds is 4. The van der Waals surface area contributed by atoms with Crippen LogP contribution in [0.15, 0.2) is 0 Å². The maximum Gasteiger partial charge on any atom is 0.217 e. The monoisotopic (exact) mass is 227 g/mol. The van der Waals surface area contributed by atoms with Gasteiger partial charge in [-0.2, -0.15) is 0 Å². The molecular weight excluding hydrogens is 202 g/mol. The molecule has 0 bridgehead atoms. The normalized spacial score (nSPS) is 19.4. The molecule has 1 saturated carbocycles. The van der Waals surface area contributed by atoms with Crippen LogP contribution in [0.2, 0.25) is 0 Å². The molecule has 1 atom stereocenters. The fourth-order valence-corrected chi connectivity index (χ4v) is 2.32. The number of nitrogens with one attached hydrogen (secondary N) is 1. The van der Waals surface area contributed by atoms with E-state index in [2.05, 4.69) is 39.9 Å². The zero-order valence-electron chi connectivity index (χ0n) is 11.4. The van der Waals surface area contributed by atoms with Gasteiger partial charge in [0.15, 0.2) is 0 Å². The van der Waals surface area contributed by atoms with Gasteiger partial charge in [0, 0.05) is 6.92 Å². The lowest BCUT2D eigenvalue weighted by Crippen LogP contribution is -2.57. The van der Waals surface area contributed by atoms with Crippen molar-refractivity contribution in [2.24, 2.45) is 5.41 Å². The standard InChI is InChI=1S/C13H25NO2/c1-9(15)14-11(12(2,3)4)13(5,6)16-10-7-8-10/h10-11H,7-8H2,1-6H3,(H,14,15). The lowest BCUT2D eigenvalue weighted by molar-refractivity contribution is -0.127. The number of carbonyl (C=O) groups excluding carboxylic acids is 1. The van der Waals surface area contributed by atoms with E-state index in [9.17, 15) is 4.79 Å². The van der Waals surface area contributed by atoms with Gasteiger partial charge in [0.2, 0.25) is 5.91 Å². The molecule has 0 aromatic heterocycles. The second-order valence-electron chi connectivity index (χ2n) is 6.42. The van der Waals surface area contributed by atoms with Crippen LogP contribution >= 0.6 is 0 Å². The predicted octanol–water partition coefficient (Wildman–Crippen LogP) is 2.49. The van der Waals surface area contributed by atoms with Crippen molar-refractivity contribution in [3.8, 4) is 0 Å². The van der Waals surface area contributed by atoms with Crippen LogP contribution in [0.4, 0.5) is 0 Å². The molecule has 1 unspecified atom stereocenters. The molecule has 0 aromatic carbocycles. The van der Waals surface area contributed by atoms with Gasteiger partial charge in [-0.25, -0.2) is 0 Å². The van der Waals surface area contributed by atoms with Crippen LogP contribution in [-0.4, -0.2) is 23.7 Å². The van der Waals surface area contributed by atoms with Crippen LogP contribution in [0, 0.1) is 5.41 Å². The van der Waals surface area contributed by atoms with Crippen LogP contribution in [0.1, 0.15) is 54.4 Å². The molecule has 0 heterocycles. The van der Waals surface area contributed by atoms with Crippen LogP contribution in [-0.2, 0) is 9.53 Å². The molecule has 0 aromatic rings. The zero-order valence-corrected chi connectivity index (χ0v) is 11.4. The van der Waals surface area contributed by atoms with Gasteiger partial charge in [0.05, 0.1) is 17.7 Å². The van der Waals surface area contributed by atoms with Crippen molar-refractivity contribution in [2.75, 3.05) is 0 Å². The van der Waals surface area contributed by atoms with Gasteiger partial charge in [-0.1, -0.05) is 20.8 Å². The highest BCUT2D eigenvalue weighted by molar-refractivity contribution is 5.73. The highest BCUT2D eigenvalue weighted by Crippen LogP contribution is 2.36. The van der Waals surface area contributed by atoms with Crippen molar-refractivity contribution in [1.29, 1.82) is 0 Å². The molecule has 1 fully saturated rings. The zero-order chi connectivity index (χ0) is 12.6. The molecular formula is C13H25NO2. The van der Waals surface area contributed by atoms with E-state index in [4.69, 9.17) is 4.74 Å². The SMILES string of the molecule is CC(=O)NC(C(C)(C)C)C(C)(C)OC1CC1. The summed E-state index contributed by atoms with van der Waals surface area (Å²) in [6.45, 7) is 12.1. The first-order valence-electron chi connectivity index (χ1n) is 6.08. The molecule has 1 rings (SSSR count). The molecule has 1 N–H and O–H groups in total. The number of ether oxygens (including phenoxy) is 1. The molecule has 1 amide bonds. The average molecular weight is 227 g/mol. The third kappa shape index (κ3) is 3.78. The Bertz CT molecular complexity index is 262. The van der Waals surface area contributed by atoms with Crippen molar-refractivity contribution < 1.29 is 9.53 Å². The topological polar surface area (TPSA) is 38.3 Å². The summed E-state index contributed by atoms with van der Waals surface area (Å²) in [5, 5.41) is 3.03. The second-order valence-corrected chi connectivity index (χ2v) is 6.42. The van der Waals surface area contributed by atoms with Crippen molar-refractivity contribution in [1.82, 2.24) is 5.32 Å². The number of amides is 1. The van der Waals surface area contributed by atoms with Crippen molar-refractivity contribution in [3.05, 3.63) is 0 Å². The van der Waals surface area contributed by atoms with Gasteiger partial charge in [-0.3, -0.25) is 4.79 Å². The van der Waals surface area contributed by atoms with Crippen molar-refractivity contribution in [2.45, 2.75) is 72.1 Å². The van der Waals surface area contributed by atoms with E-state index in [0.717, 1.165) is 12.8 Å². The lowest BCUT2D eigenvalue weighted by Gasteiger charge is -2.42. The minimum absolute atomic E-state index is 0.00685. The summed E-state index contributed by atoms with van der Waals surface area (Å²) >= 11 is 0. The van der Waals surface area contributed by atoms with Gasteiger partial charge >= 0.3 is 0 Å². The minimum atomic E-state index is -0.314. The van der Waals surface area contributed by atoms with E-state index < -0.39 is 0 Å². The Morgan fingerprint density at radius 2 is 1.75 bits per heavy atom. The van der Waals surface area contributed by atoms with Gasteiger partial charge in [0.1, 0.15) is 0 Å². The molecule has 0 radical (unpaired) electrons. The predicted molar refractivity (Wildman–Crippen MR) is 65.2 cm³/mol. The van der Waals surface area contributed by atoms with Crippen molar-refractivity contribution >= 4 is 5.91 Å². The molecule has 0 spiro atoms. The molecule has 3 heteroatoms. The summed E-state index contributed by atoms with van der Waals surface area (Å²) in [5.41, 5.74) is -0.324. The van der Waals surface area contributed by atoms with Gasteiger partial charge < -0.3 is 10.1 Å². The molecule has 0 aliphatic heterocycles. The molecule has 3 nitrogen and oxygen atoms in total. The third-order valence-electron chi connectivity index (χ3n) is 2.90. The summed E-state index contributed by atoms with van der Waals surface area (Å²) in [6.07, 6.45) is 2.70. The third-order valence-corrected chi connectivity index (χ3v) is 2.90. The largest absolute Gasteiger partial charge is 0.370 e. The maximum atomic E-state index is 11.3. The number of hydrogen-bond acceptors (Lipinski definition) is 2. The van der Waals surface area contributed by atoms with Crippen LogP contribution < -0.4 is 5.32 Å². The molecule has 0 saturated heterocycles. The Kier molecular flexibility index (Phi) is 3.68. The summed E-state index contributed by atoms with van der Waals surface area (Å²) in [6, 6.07) is 0.0260. The fraction of sp³-hybridized carbons (Fsp3) is 0.923. The summed E-state index contributed by atoms with van der Waals surface area (Å²) in [5.74, 6) is 0.00685. The van der Waals surface area contributed by atoms with Crippen LogP contribution in [0.5, 0.6) is 0 Å². The molecule has 1 aliphatic rings. The van der Waals surface area contributed by atoms with Gasteiger partial charge in [-0.15, -0.1) is 0 Å². The van der Waals surface area contributed by atoms with E-state index in [1.807, 2.05) is 0 Å². The average Bonchev–Trinajstić information content (AvgIpc) is 2.80. The molecule has 1 aliphatic carbocycles. The van der Waals surface area contributed by atoms with Crippen molar-refractivity contribution in [3.63, 3.8) is 0 Å². The van der Waals surface area contributed by atoms with E-state index in [1.165, 1.54) is 0 Å². The Balaban J connectivity index is 2.76. The van der Waals surface area contributed by atoms with Crippen LogP contribution in [0.3, 0.4) is 0 Å². The van der Waals surface area contributed by atoms with E-state index in [0.29, 0.717) is 6.10 Å². The summed E-state index contributed by atoms with van der Waals surface area (Å²) in [4.78, 5) is 11.3. The first-order valence-corrected chi connectivity index (χ1v) is 6.08. The molecule has 94 valence electrons. The summed E-state index contributed by atoms with van der Waals surface area (Å²) in [7, 11) is 0. The second kappa shape index (κ2) is 4.36. The van der Waals surface area contributed by atoms with Gasteiger partial charge in [-0.05, 0) is 32.1 Å². The van der Waals surface area contributed by atoms with E-state index in [-0.39, 0.29) is 23.0 Å². The number of carbonyl (C=O) groups is 1. The Labute approximate surface area is 98.9 Å². The Morgan fingerprint density at radius 1 is 1.25 bits per heavy atom. The minimum Gasteiger partial charge on any atom is -0.370 e. The van der Waals surface area contributed by atoms with E-state index in [1.54, 1.807) is 6.92 Å². The Morgan fingerprint density at radius 3 is 2.06 bits per heavy atom.